The Balaban J connectivity index is 2.44. The first-order valence-electron chi connectivity index (χ1n) is 8.21. The van der Waals surface area contributed by atoms with Crippen molar-refractivity contribution in [3.63, 3.8) is 0 Å². The molecule has 0 bridgehead atoms. The number of hydrogen-bond donors (Lipinski definition) is 6. The standard InChI is InChI=1S/C16H22ClN7O3/c1-2-3-6-23(8-4-5-9(25)10(26)7-8)16(21)24-13(18)11(15(20)27)22-12(17)14(24)19/h4-5,7,12-13,19,21,25-26H,2-3,6,18H2,1H3,(H2,20,27). The number of benzene rings is 1. The van der Waals surface area contributed by atoms with Crippen LogP contribution in [0.15, 0.2) is 23.2 Å². The topological polar surface area (TPSA) is 176 Å². The number of aromatic hydroxyl groups is 2. The highest BCUT2D eigenvalue weighted by atomic mass is 35.5. The molecule has 0 spiro atoms. The van der Waals surface area contributed by atoms with E-state index in [1.54, 1.807) is 0 Å². The number of rotatable bonds is 5. The average molecular weight is 396 g/mol. The van der Waals surface area contributed by atoms with Gasteiger partial charge in [-0.2, -0.15) is 0 Å². The third kappa shape index (κ3) is 4.12. The average Bonchev–Trinajstić information content (AvgIpc) is 2.61. The number of primary amides is 1. The number of carbonyl (C=O) groups is 1. The van der Waals surface area contributed by atoms with Crippen molar-refractivity contribution in [2.24, 2.45) is 16.5 Å². The van der Waals surface area contributed by atoms with E-state index in [0.29, 0.717) is 18.7 Å². The molecule has 27 heavy (non-hydrogen) atoms. The number of phenols is 2. The van der Waals surface area contributed by atoms with Crippen molar-refractivity contribution >= 4 is 40.7 Å². The van der Waals surface area contributed by atoms with E-state index >= 15 is 0 Å². The maximum Gasteiger partial charge on any atom is 0.266 e. The molecule has 1 heterocycles. The van der Waals surface area contributed by atoms with Crippen LogP contribution in [0.5, 0.6) is 11.5 Å². The summed E-state index contributed by atoms with van der Waals surface area (Å²) in [5.74, 6) is -2.05. The van der Waals surface area contributed by atoms with Gasteiger partial charge in [-0.3, -0.25) is 25.5 Å². The second-order valence-electron chi connectivity index (χ2n) is 5.92. The second kappa shape index (κ2) is 8.23. The SMILES string of the molecule is CCCCN(C(=N)N1C(=N)C(Cl)N=C(C(N)=O)C1N)c1ccc(O)c(O)c1. The van der Waals surface area contributed by atoms with E-state index in [1.165, 1.54) is 23.1 Å². The van der Waals surface area contributed by atoms with E-state index in [0.717, 1.165) is 11.3 Å². The van der Waals surface area contributed by atoms with Crippen molar-refractivity contribution in [1.29, 1.82) is 10.8 Å². The van der Waals surface area contributed by atoms with Crippen LogP contribution in [0.2, 0.25) is 0 Å². The highest BCUT2D eigenvalue weighted by Crippen LogP contribution is 2.30. The summed E-state index contributed by atoms with van der Waals surface area (Å²) in [6, 6.07) is 4.10. The summed E-state index contributed by atoms with van der Waals surface area (Å²) in [7, 11) is 0. The Bertz CT molecular complexity index is 798. The van der Waals surface area contributed by atoms with Crippen LogP contribution in [0.25, 0.3) is 0 Å². The van der Waals surface area contributed by atoms with Gasteiger partial charge in [-0.05, 0) is 18.6 Å². The van der Waals surface area contributed by atoms with Gasteiger partial charge in [0.05, 0.1) is 0 Å². The van der Waals surface area contributed by atoms with E-state index in [9.17, 15) is 15.0 Å². The third-order valence-corrected chi connectivity index (χ3v) is 4.34. The van der Waals surface area contributed by atoms with E-state index in [1.807, 2.05) is 6.92 Å². The summed E-state index contributed by atoms with van der Waals surface area (Å²) in [5, 5.41) is 36.1. The predicted octanol–water partition coefficient (Wildman–Crippen LogP) is 0.708. The lowest BCUT2D eigenvalue weighted by Crippen LogP contribution is -2.64. The molecule has 8 N–H and O–H groups in total. The van der Waals surface area contributed by atoms with Gasteiger partial charge in [-0.1, -0.05) is 24.9 Å². The molecule has 0 radical (unpaired) electrons. The molecule has 11 heteroatoms. The van der Waals surface area contributed by atoms with Gasteiger partial charge in [-0.15, -0.1) is 0 Å². The summed E-state index contributed by atoms with van der Waals surface area (Å²) in [6.07, 6.45) is 0.276. The van der Waals surface area contributed by atoms with E-state index in [4.69, 9.17) is 33.9 Å². The third-order valence-electron chi connectivity index (χ3n) is 4.04. The molecule has 0 aliphatic carbocycles. The number of hydrogen-bond acceptors (Lipinski definition) is 7. The van der Waals surface area contributed by atoms with Crippen LogP contribution in [0.3, 0.4) is 0 Å². The number of phenolic OH excluding ortho intramolecular Hbond substituents is 2. The zero-order valence-corrected chi connectivity index (χ0v) is 15.4. The number of nitrogens with zero attached hydrogens (tertiary/aromatic N) is 3. The van der Waals surface area contributed by atoms with E-state index in [-0.39, 0.29) is 29.0 Å². The normalized spacial score (nSPS) is 19.6. The maximum atomic E-state index is 11.6. The summed E-state index contributed by atoms with van der Waals surface area (Å²) in [5.41, 5.74) is 10.2. The first kappa shape index (κ1) is 20.5. The number of nitrogens with two attached hydrogens (primary N) is 2. The molecule has 2 atom stereocenters. The minimum absolute atomic E-state index is 0.231. The summed E-state index contributed by atoms with van der Waals surface area (Å²) in [6.45, 7) is 2.34. The number of anilines is 1. The molecule has 1 aromatic carbocycles. The summed E-state index contributed by atoms with van der Waals surface area (Å²) < 4.78 is 0. The molecule has 0 saturated heterocycles. The number of nitrogens with one attached hydrogen (secondary N) is 2. The highest BCUT2D eigenvalue weighted by Gasteiger charge is 2.38. The molecule has 1 aliphatic rings. The fourth-order valence-corrected chi connectivity index (χ4v) is 2.80. The smallest absolute Gasteiger partial charge is 0.266 e. The van der Waals surface area contributed by atoms with Gasteiger partial charge in [0.2, 0.25) is 5.96 Å². The van der Waals surface area contributed by atoms with Crippen LogP contribution >= 0.6 is 11.6 Å². The monoisotopic (exact) mass is 395 g/mol. The Labute approximate surface area is 161 Å². The fraction of sp³-hybridized carbons (Fsp3) is 0.375. The number of halogens is 1. The molecular formula is C16H22ClN7O3. The van der Waals surface area contributed by atoms with E-state index in [2.05, 4.69) is 4.99 Å². The zero-order valence-electron chi connectivity index (χ0n) is 14.7. The van der Waals surface area contributed by atoms with Crippen LogP contribution in [-0.4, -0.2) is 56.7 Å². The Morgan fingerprint density at radius 2 is 2.07 bits per heavy atom. The Morgan fingerprint density at radius 3 is 2.63 bits per heavy atom. The molecular weight excluding hydrogens is 374 g/mol. The van der Waals surface area contributed by atoms with Crippen LogP contribution in [0, 0.1) is 10.8 Å². The lowest BCUT2D eigenvalue weighted by molar-refractivity contribution is -0.112. The van der Waals surface area contributed by atoms with Gasteiger partial charge in [0.15, 0.2) is 17.0 Å². The first-order valence-corrected chi connectivity index (χ1v) is 8.65. The minimum Gasteiger partial charge on any atom is -0.504 e. The van der Waals surface area contributed by atoms with Crippen molar-refractivity contribution in [1.82, 2.24) is 4.90 Å². The van der Waals surface area contributed by atoms with Gasteiger partial charge in [0.1, 0.15) is 17.7 Å². The number of amidine groups is 1. The molecule has 1 amide bonds. The van der Waals surface area contributed by atoms with Crippen LogP contribution in [0.4, 0.5) is 5.69 Å². The first-order chi connectivity index (χ1) is 12.7. The summed E-state index contributed by atoms with van der Waals surface area (Å²) in [4.78, 5) is 18.0. The molecule has 2 rings (SSSR count). The lowest BCUT2D eigenvalue weighted by Gasteiger charge is -2.39. The number of guanidine groups is 1. The molecule has 2 unspecified atom stereocenters. The second-order valence-corrected chi connectivity index (χ2v) is 6.33. The van der Waals surface area contributed by atoms with Crippen molar-refractivity contribution in [3.05, 3.63) is 18.2 Å². The molecule has 0 saturated carbocycles. The highest BCUT2D eigenvalue weighted by molar-refractivity contribution is 6.45. The van der Waals surface area contributed by atoms with Crippen molar-refractivity contribution in [3.8, 4) is 11.5 Å². The molecule has 0 aromatic heterocycles. The van der Waals surface area contributed by atoms with Gasteiger partial charge < -0.3 is 26.6 Å². The fourth-order valence-electron chi connectivity index (χ4n) is 2.59. The Morgan fingerprint density at radius 1 is 1.41 bits per heavy atom. The van der Waals surface area contributed by atoms with Crippen molar-refractivity contribution < 1.29 is 15.0 Å². The quantitative estimate of drug-likeness (QED) is 0.140. The van der Waals surface area contributed by atoms with Gasteiger partial charge >= 0.3 is 0 Å². The molecule has 1 aliphatic heterocycles. The number of carbonyl (C=O) groups excluding carboxylic acids is 1. The predicted molar refractivity (Wildman–Crippen MR) is 104 cm³/mol. The van der Waals surface area contributed by atoms with Crippen LogP contribution in [0.1, 0.15) is 19.8 Å². The van der Waals surface area contributed by atoms with Crippen molar-refractivity contribution in [2.75, 3.05) is 11.4 Å². The van der Waals surface area contributed by atoms with Crippen LogP contribution < -0.4 is 16.4 Å². The lowest BCUT2D eigenvalue weighted by atomic mass is 10.2. The number of aliphatic imine (C=N–C) groups is 1. The molecule has 1 aromatic rings. The van der Waals surface area contributed by atoms with Gasteiger partial charge in [-0.25, -0.2) is 0 Å². The number of amides is 1. The Hall–Kier alpha value is -2.85. The molecule has 10 nitrogen and oxygen atoms in total. The van der Waals surface area contributed by atoms with Gasteiger partial charge in [0.25, 0.3) is 5.91 Å². The van der Waals surface area contributed by atoms with Crippen LogP contribution in [-0.2, 0) is 4.79 Å². The summed E-state index contributed by atoms with van der Waals surface area (Å²) >= 11 is 6.01. The number of unbranched alkanes of at least 4 members (excludes halogenated alkanes) is 1. The Kier molecular flexibility index (Phi) is 6.24. The number of alkyl halides is 1. The largest absolute Gasteiger partial charge is 0.504 e. The maximum absolute atomic E-state index is 11.6. The minimum atomic E-state index is -1.24. The molecule has 0 fully saturated rings. The van der Waals surface area contributed by atoms with E-state index < -0.39 is 17.6 Å². The van der Waals surface area contributed by atoms with Crippen molar-refractivity contribution in [2.45, 2.75) is 31.4 Å². The zero-order chi connectivity index (χ0) is 20.3. The molecule has 146 valence electrons. The van der Waals surface area contributed by atoms with Gasteiger partial charge in [0, 0.05) is 18.3 Å².